The fourth-order valence-corrected chi connectivity index (χ4v) is 5.06. The molecule has 6 nitrogen and oxygen atoms in total. The van der Waals surface area contributed by atoms with Crippen LogP contribution in [0, 0.1) is 5.92 Å². The lowest BCUT2D eigenvalue weighted by molar-refractivity contribution is 0.171. The molecule has 2 aliphatic rings. The van der Waals surface area contributed by atoms with E-state index in [1.807, 2.05) is 19.0 Å². The number of nitrogens with one attached hydrogen (secondary N) is 1. The van der Waals surface area contributed by atoms with Gasteiger partial charge in [0.15, 0.2) is 9.84 Å². The van der Waals surface area contributed by atoms with Gasteiger partial charge in [0.1, 0.15) is 0 Å². The molecule has 2 fully saturated rings. The molecule has 128 valence electrons. The first kappa shape index (κ1) is 17.5. The third-order valence-corrected chi connectivity index (χ3v) is 6.47. The number of likely N-dealkylation sites (N-methyl/N-ethyl adjacent to an activating group) is 1. The maximum atomic E-state index is 12.5. The Morgan fingerprint density at radius 1 is 1.14 bits per heavy atom. The van der Waals surface area contributed by atoms with Crippen molar-refractivity contribution in [1.82, 2.24) is 15.1 Å². The molecule has 1 N–H and O–H groups in total. The van der Waals surface area contributed by atoms with Crippen molar-refractivity contribution in [3.8, 4) is 0 Å². The van der Waals surface area contributed by atoms with Crippen LogP contribution in [0.3, 0.4) is 0 Å². The Bertz CT molecular complexity index is 472. The van der Waals surface area contributed by atoms with Gasteiger partial charge in [0.25, 0.3) is 0 Å². The molecule has 1 saturated carbocycles. The summed E-state index contributed by atoms with van der Waals surface area (Å²) in [4.78, 5) is 16.3. The molecule has 1 unspecified atom stereocenters. The molecule has 0 spiro atoms. The van der Waals surface area contributed by atoms with Crippen molar-refractivity contribution >= 4 is 15.9 Å². The van der Waals surface area contributed by atoms with E-state index in [0.29, 0.717) is 18.9 Å². The lowest BCUT2D eigenvalue weighted by atomic mass is 10.1. The lowest BCUT2D eigenvalue weighted by Gasteiger charge is -2.30. The van der Waals surface area contributed by atoms with E-state index in [0.717, 1.165) is 13.1 Å². The third-order valence-electron chi connectivity index (χ3n) is 4.71. The fourth-order valence-electron chi connectivity index (χ4n) is 3.33. The molecule has 0 aromatic carbocycles. The average Bonchev–Trinajstić information content (AvgIpc) is 3.06. The van der Waals surface area contributed by atoms with E-state index in [9.17, 15) is 13.2 Å². The SMILES string of the molecule is CN(C)CCN(C(=O)NCC1CCCC1)C1CCS(=O)(=O)C1. The minimum Gasteiger partial charge on any atom is -0.338 e. The Hall–Kier alpha value is -0.820. The summed E-state index contributed by atoms with van der Waals surface area (Å²) < 4.78 is 23.4. The molecule has 2 amide bonds. The van der Waals surface area contributed by atoms with Crippen molar-refractivity contribution in [2.45, 2.75) is 38.1 Å². The number of carbonyl (C=O) groups is 1. The van der Waals surface area contributed by atoms with Crippen LogP contribution in [0.25, 0.3) is 0 Å². The van der Waals surface area contributed by atoms with Crippen LogP contribution in [-0.4, -0.2) is 75.5 Å². The highest BCUT2D eigenvalue weighted by Crippen LogP contribution is 2.24. The molecular formula is C15H29N3O3S. The minimum absolute atomic E-state index is 0.101. The van der Waals surface area contributed by atoms with Crippen LogP contribution in [-0.2, 0) is 9.84 Å². The summed E-state index contributed by atoms with van der Waals surface area (Å²) in [5, 5.41) is 3.03. The van der Waals surface area contributed by atoms with Crippen molar-refractivity contribution in [3.05, 3.63) is 0 Å². The molecule has 0 aromatic rings. The third kappa shape index (κ3) is 5.12. The van der Waals surface area contributed by atoms with Gasteiger partial charge in [0.2, 0.25) is 0 Å². The van der Waals surface area contributed by atoms with Gasteiger partial charge in [-0.1, -0.05) is 12.8 Å². The van der Waals surface area contributed by atoms with Gasteiger partial charge >= 0.3 is 6.03 Å². The first-order chi connectivity index (χ1) is 10.4. The molecule has 1 aliphatic heterocycles. The van der Waals surface area contributed by atoms with E-state index in [4.69, 9.17) is 0 Å². The highest BCUT2D eigenvalue weighted by atomic mass is 32.2. The first-order valence-corrected chi connectivity index (χ1v) is 10.1. The summed E-state index contributed by atoms with van der Waals surface area (Å²) in [5.74, 6) is 0.899. The summed E-state index contributed by atoms with van der Waals surface area (Å²) in [7, 11) is 0.938. The van der Waals surface area contributed by atoms with Gasteiger partial charge in [0.05, 0.1) is 11.5 Å². The predicted octanol–water partition coefficient (Wildman–Crippen LogP) is 0.937. The van der Waals surface area contributed by atoms with Crippen molar-refractivity contribution in [2.24, 2.45) is 5.92 Å². The van der Waals surface area contributed by atoms with E-state index in [-0.39, 0.29) is 23.6 Å². The number of rotatable bonds is 6. The van der Waals surface area contributed by atoms with Crippen molar-refractivity contribution < 1.29 is 13.2 Å². The molecule has 0 radical (unpaired) electrons. The molecular weight excluding hydrogens is 302 g/mol. The number of hydrogen-bond acceptors (Lipinski definition) is 4. The maximum Gasteiger partial charge on any atom is 0.317 e. The molecule has 0 aromatic heterocycles. The summed E-state index contributed by atoms with van der Waals surface area (Å²) in [6.45, 7) is 2.04. The summed E-state index contributed by atoms with van der Waals surface area (Å²) >= 11 is 0. The summed E-state index contributed by atoms with van der Waals surface area (Å²) in [6, 6.07) is -0.274. The van der Waals surface area contributed by atoms with Crippen molar-refractivity contribution in [3.63, 3.8) is 0 Å². The van der Waals surface area contributed by atoms with E-state index < -0.39 is 9.84 Å². The van der Waals surface area contributed by atoms with Gasteiger partial charge in [-0.3, -0.25) is 0 Å². The average molecular weight is 331 g/mol. The second kappa shape index (κ2) is 7.64. The highest BCUT2D eigenvalue weighted by Gasteiger charge is 2.34. The van der Waals surface area contributed by atoms with Crippen LogP contribution in [0.2, 0.25) is 0 Å². The Kier molecular flexibility index (Phi) is 6.09. The van der Waals surface area contributed by atoms with E-state index in [1.54, 1.807) is 4.90 Å². The highest BCUT2D eigenvalue weighted by molar-refractivity contribution is 7.91. The van der Waals surface area contributed by atoms with Gasteiger partial charge < -0.3 is 15.1 Å². The number of urea groups is 1. The Morgan fingerprint density at radius 2 is 1.82 bits per heavy atom. The largest absolute Gasteiger partial charge is 0.338 e. The number of amides is 2. The normalized spacial score (nSPS) is 24.8. The number of carbonyl (C=O) groups excluding carboxylic acids is 1. The molecule has 1 aliphatic carbocycles. The molecule has 7 heteroatoms. The first-order valence-electron chi connectivity index (χ1n) is 8.27. The standard InChI is InChI=1S/C15H29N3O3S/c1-17(2)8-9-18(14-7-10-22(20,21)12-14)15(19)16-11-13-5-3-4-6-13/h13-14H,3-12H2,1-2H3,(H,16,19). The maximum absolute atomic E-state index is 12.5. The van der Waals surface area contributed by atoms with Crippen LogP contribution >= 0.6 is 0 Å². The predicted molar refractivity (Wildman–Crippen MR) is 87.7 cm³/mol. The van der Waals surface area contributed by atoms with Gasteiger partial charge in [-0.15, -0.1) is 0 Å². The topological polar surface area (TPSA) is 69.7 Å². The zero-order valence-electron chi connectivity index (χ0n) is 13.8. The zero-order valence-corrected chi connectivity index (χ0v) is 14.6. The van der Waals surface area contributed by atoms with Crippen LogP contribution in [0.5, 0.6) is 0 Å². The molecule has 0 bridgehead atoms. The molecule has 1 saturated heterocycles. The second-order valence-corrected chi connectivity index (χ2v) is 9.12. The molecule has 22 heavy (non-hydrogen) atoms. The number of sulfone groups is 1. The zero-order chi connectivity index (χ0) is 16.2. The molecule has 1 atom stereocenters. The lowest BCUT2D eigenvalue weighted by Crippen LogP contribution is -2.49. The smallest absolute Gasteiger partial charge is 0.317 e. The minimum atomic E-state index is -2.98. The van der Waals surface area contributed by atoms with Crippen LogP contribution in [0.1, 0.15) is 32.1 Å². The van der Waals surface area contributed by atoms with Gasteiger partial charge in [-0.05, 0) is 39.3 Å². The monoisotopic (exact) mass is 331 g/mol. The molecule has 1 heterocycles. The van der Waals surface area contributed by atoms with E-state index in [2.05, 4.69) is 5.32 Å². The van der Waals surface area contributed by atoms with Gasteiger partial charge in [0, 0.05) is 25.7 Å². The number of hydrogen-bond donors (Lipinski definition) is 1. The fraction of sp³-hybridized carbons (Fsp3) is 0.933. The van der Waals surface area contributed by atoms with Gasteiger partial charge in [-0.25, -0.2) is 13.2 Å². The summed E-state index contributed by atoms with van der Waals surface area (Å²) in [5.41, 5.74) is 0. The molecule has 2 rings (SSSR count). The van der Waals surface area contributed by atoms with Crippen LogP contribution < -0.4 is 5.32 Å². The summed E-state index contributed by atoms with van der Waals surface area (Å²) in [6.07, 6.45) is 5.45. The number of nitrogens with zero attached hydrogens (tertiary/aromatic N) is 2. The van der Waals surface area contributed by atoms with Crippen molar-refractivity contribution in [1.29, 1.82) is 0 Å². The Balaban J connectivity index is 1.91. The quantitative estimate of drug-likeness (QED) is 0.786. The van der Waals surface area contributed by atoms with Crippen molar-refractivity contribution in [2.75, 3.05) is 45.2 Å². The Morgan fingerprint density at radius 3 is 2.36 bits per heavy atom. The van der Waals surface area contributed by atoms with Gasteiger partial charge in [-0.2, -0.15) is 0 Å². The van der Waals surface area contributed by atoms with E-state index in [1.165, 1.54) is 25.7 Å². The van der Waals surface area contributed by atoms with Crippen LogP contribution in [0.4, 0.5) is 4.79 Å². The van der Waals surface area contributed by atoms with E-state index >= 15 is 0 Å². The Labute approximate surface area is 134 Å². The van der Waals surface area contributed by atoms with Crippen LogP contribution in [0.15, 0.2) is 0 Å². The second-order valence-electron chi connectivity index (χ2n) is 6.89.